The zero-order chi connectivity index (χ0) is 11.4. The summed E-state index contributed by atoms with van der Waals surface area (Å²) in [6, 6.07) is 15.8. The SMILES string of the molecule is O=CNc1ccc(-c2ccc(Br)cc2)cc1. The van der Waals surface area contributed by atoms with Gasteiger partial charge in [-0.15, -0.1) is 0 Å². The lowest BCUT2D eigenvalue weighted by Gasteiger charge is -2.03. The van der Waals surface area contributed by atoms with Crippen molar-refractivity contribution in [1.29, 1.82) is 0 Å². The van der Waals surface area contributed by atoms with Crippen molar-refractivity contribution in [2.75, 3.05) is 5.32 Å². The molecular weight excluding hydrogens is 266 g/mol. The third-order valence-corrected chi connectivity index (χ3v) is 2.82. The number of hydrogen-bond acceptors (Lipinski definition) is 1. The highest BCUT2D eigenvalue weighted by Gasteiger charge is 1.97. The molecule has 0 atom stereocenters. The molecule has 2 rings (SSSR count). The van der Waals surface area contributed by atoms with Gasteiger partial charge in [0.25, 0.3) is 0 Å². The Morgan fingerprint density at radius 3 is 1.88 bits per heavy atom. The molecule has 2 aromatic rings. The second-order valence-corrected chi connectivity index (χ2v) is 4.26. The van der Waals surface area contributed by atoms with E-state index in [1.165, 1.54) is 0 Å². The minimum absolute atomic E-state index is 0.675. The molecule has 2 aromatic carbocycles. The van der Waals surface area contributed by atoms with Crippen LogP contribution in [0.1, 0.15) is 0 Å². The average Bonchev–Trinajstić information content (AvgIpc) is 2.32. The number of anilines is 1. The van der Waals surface area contributed by atoms with Crippen molar-refractivity contribution in [3.63, 3.8) is 0 Å². The lowest BCUT2D eigenvalue weighted by atomic mass is 10.1. The fraction of sp³-hybridized carbons (Fsp3) is 0. The van der Waals surface area contributed by atoms with E-state index < -0.39 is 0 Å². The minimum Gasteiger partial charge on any atom is -0.329 e. The zero-order valence-electron chi connectivity index (χ0n) is 8.48. The van der Waals surface area contributed by atoms with Crippen LogP contribution in [0.2, 0.25) is 0 Å². The van der Waals surface area contributed by atoms with E-state index >= 15 is 0 Å². The number of carbonyl (C=O) groups is 1. The summed E-state index contributed by atoms with van der Waals surface area (Å²) in [6.07, 6.45) is 0.675. The number of halogens is 1. The maximum absolute atomic E-state index is 10.3. The van der Waals surface area contributed by atoms with Gasteiger partial charge in [0, 0.05) is 10.2 Å². The Morgan fingerprint density at radius 1 is 0.875 bits per heavy atom. The molecule has 0 aliphatic carbocycles. The molecule has 0 aliphatic heterocycles. The molecule has 1 amide bonds. The summed E-state index contributed by atoms with van der Waals surface area (Å²) < 4.78 is 1.07. The lowest BCUT2D eigenvalue weighted by molar-refractivity contribution is -0.105. The van der Waals surface area contributed by atoms with Crippen LogP contribution in [0.4, 0.5) is 5.69 Å². The monoisotopic (exact) mass is 275 g/mol. The van der Waals surface area contributed by atoms with Gasteiger partial charge in [-0.2, -0.15) is 0 Å². The molecular formula is C13H10BrNO. The summed E-state index contributed by atoms with van der Waals surface area (Å²) >= 11 is 3.40. The number of rotatable bonds is 3. The standard InChI is InChI=1S/C13H10BrNO/c14-12-5-1-10(2-6-12)11-3-7-13(8-4-11)15-9-16/h1-9H,(H,15,16). The molecule has 0 unspecified atom stereocenters. The molecule has 0 fully saturated rings. The van der Waals surface area contributed by atoms with Gasteiger partial charge in [0.2, 0.25) is 6.41 Å². The van der Waals surface area contributed by atoms with Crippen LogP contribution < -0.4 is 5.32 Å². The van der Waals surface area contributed by atoms with Crippen LogP contribution in [0.25, 0.3) is 11.1 Å². The van der Waals surface area contributed by atoms with Gasteiger partial charge in [-0.3, -0.25) is 4.79 Å². The summed E-state index contributed by atoms with van der Waals surface area (Å²) in [5, 5.41) is 2.61. The summed E-state index contributed by atoms with van der Waals surface area (Å²) in [5.74, 6) is 0. The molecule has 1 N–H and O–H groups in total. The van der Waals surface area contributed by atoms with Gasteiger partial charge in [-0.1, -0.05) is 40.2 Å². The molecule has 0 spiro atoms. The fourth-order valence-electron chi connectivity index (χ4n) is 1.47. The smallest absolute Gasteiger partial charge is 0.211 e. The zero-order valence-corrected chi connectivity index (χ0v) is 10.1. The third kappa shape index (κ3) is 2.49. The maximum Gasteiger partial charge on any atom is 0.211 e. The van der Waals surface area contributed by atoms with E-state index in [9.17, 15) is 4.79 Å². The highest BCUT2D eigenvalue weighted by molar-refractivity contribution is 9.10. The highest BCUT2D eigenvalue weighted by atomic mass is 79.9. The lowest BCUT2D eigenvalue weighted by Crippen LogP contribution is -1.92. The fourth-order valence-corrected chi connectivity index (χ4v) is 1.73. The summed E-state index contributed by atoms with van der Waals surface area (Å²) in [4.78, 5) is 10.3. The van der Waals surface area contributed by atoms with E-state index in [1.807, 2.05) is 48.5 Å². The number of hydrogen-bond donors (Lipinski definition) is 1. The summed E-state index contributed by atoms with van der Waals surface area (Å²) in [6.45, 7) is 0. The Labute approximate surface area is 102 Å². The van der Waals surface area contributed by atoms with Crippen LogP contribution in [0.3, 0.4) is 0 Å². The van der Waals surface area contributed by atoms with Crippen LogP contribution in [0.15, 0.2) is 53.0 Å². The van der Waals surface area contributed by atoms with Crippen LogP contribution in [-0.4, -0.2) is 6.41 Å². The number of amides is 1. The second-order valence-electron chi connectivity index (χ2n) is 3.35. The van der Waals surface area contributed by atoms with E-state index in [4.69, 9.17) is 0 Å². The maximum atomic E-state index is 10.3. The molecule has 0 heterocycles. The molecule has 0 aromatic heterocycles. The van der Waals surface area contributed by atoms with Crippen molar-refractivity contribution in [3.05, 3.63) is 53.0 Å². The van der Waals surface area contributed by atoms with Crippen molar-refractivity contribution in [3.8, 4) is 11.1 Å². The Bertz CT molecular complexity index is 476. The molecule has 0 saturated carbocycles. The van der Waals surface area contributed by atoms with Crippen molar-refractivity contribution in [2.24, 2.45) is 0 Å². The van der Waals surface area contributed by atoms with Gasteiger partial charge in [-0.05, 0) is 35.4 Å². The Morgan fingerprint density at radius 2 is 1.38 bits per heavy atom. The highest BCUT2D eigenvalue weighted by Crippen LogP contribution is 2.23. The van der Waals surface area contributed by atoms with Gasteiger partial charge < -0.3 is 5.32 Å². The first-order valence-corrected chi connectivity index (χ1v) is 5.65. The van der Waals surface area contributed by atoms with Gasteiger partial charge in [0.15, 0.2) is 0 Å². The topological polar surface area (TPSA) is 29.1 Å². The van der Waals surface area contributed by atoms with Gasteiger partial charge in [0.1, 0.15) is 0 Å². The van der Waals surface area contributed by atoms with Crippen LogP contribution in [-0.2, 0) is 4.79 Å². The average molecular weight is 276 g/mol. The predicted molar refractivity (Wildman–Crippen MR) is 69.3 cm³/mol. The van der Waals surface area contributed by atoms with Crippen LogP contribution in [0.5, 0.6) is 0 Å². The number of nitrogens with one attached hydrogen (secondary N) is 1. The Balaban J connectivity index is 2.27. The molecule has 80 valence electrons. The molecule has 0 aliphatic rings. The molecule has 0 saturated heterocycles. The van der Waals surface area contributed by atoms with Gasteiger partial charge >= 0.3 is 0 Å². The van der Waals surface area contributed by atoms with E-state index in [0.29, 0.717) is 6.41 Å². The third-order valence-electron chi connectivity index (χ3n) is 2.29. The first kappa shape index (κ1) is 10.9. The van der Waals surface area contributed by atoms with E-state index in [-0.39, 0.29) is 0 Å². The first-order chi connectivity index (χ1) is 7.79. The van der Waals surface area contributed by atoms with Crippen molar-refractivity contribution < 1.29 is 4.79 Å². The molecule has 0 radical (unpaired) electrons. The first-order valence-electron chi connectivity index (χ1n) is 4.86. The molecule has 16 heavy (non-hydrogen) atoms. The number of carbonyl (C=O) groups excluding carboxylic acids is 1. The minimum atomic E-state index is 0.675. The van der Waals surface area contributed by atoms with Crippen molar-refractivity contribution in [1.82, 2.24) is 0 Å². The van der Waals surface area contributed by atoms with E-state index in [1.54, 1.807) is 0 Å². The Kier molecular flexibility index (Phi) is 3.37. The van der Waals surface area contributed by atoms with Crippen LogP contribution in [0, 0.1) is 0 Å². The second kappa shape index (κ2) is 4.94. The van der Waals surface area contributed by atoms with Crippen LogP contribution >= 0.6 is 15.9 Å². The molecule has 3 heteroatoms. The largest absolute Gasteiger partial charge is 0.329 e. The van der Waals surface area contributed by atoms with E-state index in [2.05, 4.69) is 21.2 Å². The molecule has 2 nitrogen and oxygen atoms in total. The summed E-state index contributed by atoms with van der Waals surface area (Å²) in [5.41, 5.74) is 3.08. The number of benzene rings is 2. The van der Waals surface area contributed by atoms with E-state index in [0.717, 1.165) is 21.3 Å². The molecule has 0 bridgehead atoms. The van der Waals surface area contributed by atoms with Gasteiger partial charge in [0.05, 0.1) is 0 Å². The van der Waals surface area contributed by atoms with Gasteiger partial charge in [-0.25, -0.2) is 0 Å². The normalized spacial score (nSPS) is 9.81. The van der Waals surface area contributed by atoms with Crippen molar-refractivity contribution in [2.45, 2.75) is 0 Å². The Hall–Kier alpha value is -1.61. The predicted octanol–water partition coefficient (Wildman–Crippen LogP) is 3.68. The summed E-state index contributed by atoms with van der Waals surface area (Å²) in [7, 11) is 0. The quantitative estimate of drug-likeness (QED) is 0.851. The van der Waals surface area contributed by atoms with Crippen molar-refractivity contribution >= 4 is 28.0 Å².